The first kappa shape index (κ1) is 17.8. The van der Waals surface area contributed by atoms with Gasteiger partial charge in [-0.05, 0) is 57.9 Å². The van der Waals surface area contributed by atoms with E-state index in [1.54, 1.807) is 12.3 Å². The summed E-state index contributed by atoms with van der Waals surface area (Å²) in [6, 6.07) is 19.9. The highest BCUT2D eigenvalue weighted by molar-refractivity contribution is 9.11. The van der Waals surface area contributed by atoms with Crippen LogP contribution in [0.5, 0.6) is 5.75 Å². The van der Waals surface area contributed by atoms with Gasteiger partial charge in [0.15, 0.2) is 0 Å². The minimum absolute atomic E-state index is 0.268. The molecule has 0 aromatic heterocycles. The molecule has 0 aliphatic rings. The molecule has 3 aromatic carbocycles. The summed E-state index contributed by atoms with van der Waals surface area (Å²) in [5.74, 6) is 0.383. The van der Waals surface area contributed by atoms with E-state index in [1.165, 1.54) is 12.1 Å². The van der Waals surface area contributed by atoms with Gasteiger partial charge in [0.2, 0.25) is 0 Å². The van der Waals surface area contributed by atoms with E-state index in [2.05, 4.69) is 36.9 Å². The van der Waals surface area contributed by atoms with Gasteiger partial charge in [0.1, 0.15) is 18.2 Å². The number of benzene rings is 3. The number of ether oxygens (including phenoxy) is 1. The van der Waals surface area contributed by atoms with E-state index in [0.29, 0.717) is 5.75 Å². The van der Waals surface area contributed by atoms with E-state index in [1.807, 2.05) is 48.5 Å². The van der Waals surface area contributed by atoms with Gasteiger partial charge in [0.25, 0.3) is 0 Å². The molecule has 0 heterocycles. The topological polar surface area (TPSA) is 21.6 Å². The average Bonchev–Trinajstić information content (AvgIpc) is 2.60. The Morgan fingerprint density at radius 2 is 1.76 bits per heavy atom. The zero-order valence-corrected chi connectivity index (χ0v) is 16.3. The summed E-state index contributed by atoms with van der Waals surface area (Å²) in [5.41, 5.74) is 2.44. The summed E-state index contributed by atoms with van der Waals surface area (Å²) in [5, 5.41) is 0. The van der Waals surface area contributed by atoms with E-state index in [4.69, 9.17) is 4.74 Å². The third-order valence-corrected chi connectivity index (χ3v) is 4.47. The van der Waals surface area contributed by atoms with Crippen molar-refractivity contribution in [1.29, 1.82) is 0 Å². The van der Waals surface area contributed by atoms with Crippen molar-refractivity contribution in [3.05, 3.63) is 92.6 Å². The Labute approximate surface area is 162 Å². The fourth-order valence-electron chi connectivity index (χ4n) is 2.27. The Bertz CT molecular complexity index is 897. The summed E-state index contributed by atoms with van der Waals surface area (Å²) in [6.45, 7) is 0.268. The molecular weight excluding hydrogens is 449 g/mol. The highest BCUT2D eigenvalue weighted by Gasteiger charge is 2.10. The second-order valence-corrected chi connectivity index (χ2v) is 7.09. The first-order valence-electron chi connectivity index (χ1n) is 7.57. The molecule has 2 nitrogen and oxygen atoms in total. The molecule has 0 N–H and O–H groups in total. The molecule has 0 saturated heterocycles. The zero-order chi connectivity index (χ0) is 17.6. The van der Waals surface area contributed by atoms with Crippen LogP contribution in [-0.2, 0) is 6.61 Å². The summed E-state index contributed by atoms with van der Waals surface area (Å²) in [6.07, 6.45) is 1.76. The van der Waals surface area contributed by atoms with Crippen LogP contribution in [0.15, 0.2) is 80.7 Å². The Kier molecular flexibility index (Phi) is 6.00. The van der Waals surface area contributed by atoms with Gasteiger partial charge >= 0.3 is 0 Å². The molecule has 126 valence electrons. The molecule has 25 heavy (non-hydrogen) atoms. The lowest BCUT2D eigenvalue weighted by Gasteiger charge is -2.12. The van der Waals surface area contributed by atoms with Crippen molar-refractivity contribution in [1.82, 2.24) is 0 Å². The molecule has 0 atom stereocenters. The predicted octanol–water partition coefficient (Wildman–Crippen LogP) is 6.68. The normalized spacial score (nSPS) is 11.0. The lowest BCUT2D eigenvalue weighted by atomic mass is 10.2. The van der Waals surface area contributed by atoms with Crippen LogP contribution in [0.2, 0.25) is 0 Å². The number of aliphatic imine (C=N–C) groups is 1. The molecular formula is C20H14Br2FNO. The standard InChI is InChI=1S/C20H14Br2FNO/c21-16-10-15(12-24-18-7-2-1-3-8-18)20(19(22)11-16)25-13-14-5-4-6-17(23)9-14/h1-12H,13H2. The van der Waals surface area contributed by atoms with Gasteiger partial charge in [0, 0.05) is 16.3 Å². The van der Waals surface area contributed by atoms with Gasteiger partial charge in [-0.1, -0.05) is 46.3 Å². The van der Waals surface area contributed by atoms with Crippen molar-refractivity contribution >= 4 is 43.8 Å². The molecule has 0 amide bonds. The van der Waals surface area contributed by atoms with Gasteiger partial charge in [0.05, 0.1) is 10.2 Å². The smallest absolute Gasteiger partial charge is 0.142 e. The van der Waals surface area contributed by atoms with Crippen molar-refractivity contribution in [2.24, 2.45) is 4.99 Å². The Balaban J connectivity index is 1.86. The van der Waals surface area contributed by atoms with Crippen molar-refractivity contribution in [3.63, 3.8) is 0 Å². The van der Waals surface area contributed by atoms with Crippen molar-refractivity contribution in [2.45, 2.75) is 6.61 Å². The zero-order valence-electron chi connectivity index (χ0n) is 13.1. The third kappa shape index (κ3) is 5.00. The van der Waals surface area contributed by atoms with Gasteiger partial charge in [-0.15, -0.1) is 0 Å². The number of hydrogen-bond donors (Lipinski definition) is 0. The first-order valence-corrected chi connectivity index (χ1v) is 9.16. The van der Waals surface area contributed by atoms with Crippen LogP contribution in [0.3, 0.4) is 0 Å². The lowest BCUT2D eigenvalue weighted by molar-refractivity contribution is 0.303. The molecule has 0 bridgehead atoms. The molecule has 0 aliphatic heterocycles. The highest BCUT2D eigenvalue weighted by Crippen LogP contribution is 2.33. The number of halogens is 3. The molecule has 0 spiro atoms. The van der Waals surface area contributed by atoms with Crippen LogP contribution in [-0.4, -0.2) is 6.21 Å². The highest BCUT2D eigenvalue weighted by atomic mass is 79.9. The van der Waals surface area contributed by atoms with Crippen LogP contribution in [0.25, 0.3) is 0 Å². The number of rotatable bonds is 5. The summed E-state index contributed by atoms with van der Waals surface area (Å²) in [4.78, 5) is 4.48. The second-order valence-electron chi connectivity index (χ2n) is 5.32. The quantitative estimate of drug-likeness (QED) is 0.387. The maximum absolute atomic E-state index is 13.3. The average molecular weight is 463 g/mol. The molecule has 3 rings (SSSR count). The van der Waals surface area contributed by atoms with Crippen molar-refractivity contribution < 1.29 is 9.13 Å². The van der Waals surface area contributed by atoms with Gasteiger partial charge < -0.3 is 4.74 Å². The maximum Gasteiger partial charge on any atom is 0.142 e. The molecule has 0 saturated carbocycles. The van der Waals surface area contributed by atoms with Crippen LogP contribution in [0, 0.1) is 5.82 Å². The Hall–Kier alpha value is -1.98. The Morgan fingerprint density at radius 3 is 2.52 bits per heavy atom. The van der Waals surface area contributed by atoms with Crippen molar-refractivity contribution in [2.75, 3.05) is 0 Å². The number of para-hydroxylation sites is 1. The second kappa shape index (κ2) is 8.41. The number of hydrogen-bond acceptors (Lipinski definition) is 2. The van der Waals surface area contributed by atoms with Crippen molar-refractivity contribution in [3.8, 4) is 5.75 Å². The molecule has 0 unspecified atom stereocenters. The fraction of sp³-hybridized carbons (Fsp3) is 0.0500. The molecule has 3 aromatic rings. The summed E-state index contributed by atoms with van der Waals surface area (Å²) >= 11 is 7.00. The molecule has 0 fully saturated rings. The van der Waals surface area contributed by atoms with E-state index < -0.39 is 0 Å². The SMILES string of the molecule is Fc1cccc(COc2c(Br)cc(Br)cc2C=Nc2ccccc2)c1. The van der Waals surface area contributed by atoms with E-state index >= 15 is 0 Å². The monoisotopic (exact) mass is 461 g/mol. The molecule has 5 heteroatoms. The minimum Gasteiger partial charge on any atom is -0.487 e. The van der Waals surface area contributed by atoms with Crippen LogP contribution in [0.1, 0.15) is 11.1 Å². The van der Waals surface area contributed by atoms with Gasteiger partial charge in [-0.3, -0.25) is 4.99 Å². The molecule has 0 aliphatic carbocycles. The van der Waals surface area contributed by atoms with E-state index in [0.717, 1.165) is 25.8 Å². The van der Waals surface area contributed by atoms with Gasteiger partial charge in [-0.25, -0.2) is 4.39 Å². The maximum atomic E-state index is 13.3. The van der Waals surface area contributed by atoms with Crippen LogP contribution < -0.4 is 4.74 Å². The lowest BCUT2D eigenvalue weighted by Crippen LogP contribution is -2.00. The predicted molar refractivity (Wildman–Crippen MR) is 106 cm³/mol. The molecule has 0 radical (unpaired) electrons. The van der Waals surface area contributed by atoms with Crippen LogP contribution >= 0.6 is 31.9 Å². The minimum atomic E-state index is -0.276. The van der Waals surface area contributed by atoms with Gasteiger partial charge in [-0.2, -0.15) is 0 Å². The first-order chi connectivity index (χ1) is 12.1. The summed E-state index contributed by atoms with van der Waals surface area (Å²) in [7, 11) is 0. The van der Waals surface area contributed by atoms with E-state index in [-0.39, 0.29) is 12.4 Å². The van der Waals surface area contributed by atoms with E-state index in [9.17, 15) is 4.39 Å². The third-order valence-electron chi connectivity index (χ3n) is 3.42. The number of nitrogens with zero attached hydrogens (tertiary/aromatic N) is 1. The van der Waals surface area contributed by atoms with Crippen LogP contribution in [0.4, 0.5) is 10.1 Å². The largest absolute Gasteiger partial charge is 0.487 e. The fourth-order valence-corrected chi connectivity index (χ4v) is 3.64. The summed E-state index contributed by atoms with van der Waals surface area (Å²) < 4.78 is 21.0. The Morgan fingerprint density at radius 1 is 0.960 bits per heavy atom.